The zero-order chi connectivity index (χ0) is 10.9. The lowest BCUT2D eigenvalue weighted by molar-refractivity contribution is -0.193. The van der Waals surface area contributed by atoms with Crippen LogP contribution in [0, 0.1) is 11.3 Å². The first kappa shape index (κ1) is 11.1. The summed E-state index contributed by atoms with van der Waals surface area (Å²) in [7, 11) is 0. The Labute approximate surface area is 91.1 Å². The van der Waals surface area contributed by atoms with Gasteiger partial charge in [0.05, 0.1) is 13.2 Å². The molecule has 1 aliphatic carbocycles. The predicted molar refractivity (Wildman–Crippen MR) is 56.4 cm³/mol. The maximum Gasteiger partial charge on any atom is 0.168 e. The molecule has 0 atom stereocenters. The van der Waals surface area contributed by atoms with Gasteiger partial charge in [-0.1, -0.05) is 13.8 Å². The predicted octanol–water partition coefficient (Wildman–Crippen LogP) is 2.14. The summed E-state index contributed by atoms with van der Waals surface area (Å²) in [6.07, 6.45) is 4.68. The number of rotatable bonds is 2. The molecule has 0 radical (unpaired) electrons. The number of hydrogen-bond donors (Lipinski definition) is 0. The van der Waals surface area contributed by atoms with Crippen LogP contribution in [0.15, 0.2) is 0 Å². The quantitative estimate of drug-likeness (QED) is 0.658. The van der Waals surface area contributed by atoms with Crippen molar-refractivity contribution in [1.29, 1.82) is 0 Å². The molecule has 0 amide bonds. The fraction of sp³-hybridized carbons (Fsp3) is 0.917. The van der Waals surface area contributed by atoms with Crippen LogP contribution in [-0.2, 0) is 14.3 Å². The van der Waals surface area contributed by atoms with Crippen molar-refractivity contribution in [2.75, 3.05) is 13.2 Å². The van der Waals surface area contributed by atoms with E-state index in [0.29, 0.717) is 19.1 Å². The molecule has 0 aromatic rings. The van der Waals surface area contributed by atoms with Crippen molar-refractivity contribution < 1.29 is 14.3 Å². The lowest BCUT2D eigenvalue weighted by atomic mass is 9.66. The fourth-order valence-corrected chi connectivity index (χ4v) is 2.71. The molecule has 3 heteroatoms. The maximum atomic E-state index is 11.2. The Bertz CT molecular complexity index is 231. The van der Waals surface area contributed by atoms with E-state index in [-0.39, 0.29) is 11.2 Å². The van der Waals surface area contributed by atoms with Crippen molar-refractivity contribution in [1.82, 2.24) is 0 Å². The first-order chi connectivity index (χ1) is 7.13. The van der Waals surface area contributed by atoms with Gasteiger partial charge in [-0.3, -0.25) is 0 Å². The monoisotopic (exact) mass is 212 g/mol. The highest BCUT2D eigenvalue weighted by Gasteiger charge is 2.47. The molecule has 1 saturated heterocycles. The van der Waals surface area contributed by atoms with Gasteiger partial charge in [-0.05, 0) is 18.8 Å². The highest BCUT2D eigenvalue weighted by Crippen LogP contribution is 2.47. The Morgan fingerprint density at radius 3 is 2.00 bits per heavy atom. The molecular weight excluding hydrogens is 192 g/mol. The second-order valence-corrected chi connectivity index (χ2v) is 5.11. The molecule has 2 aliphatic rings. The van der Waals surface area contributed by atoms with Gasteiger partial charge in [0, 0.05) is 18.3 Å². The van der Waals surface area contributed by atoms with Crippen LogP contribution < -0.4 is 0 Å². The summed E-state index contributed by atoms with van der Waals surface area (Å²) in [4.78, 5) is 11.2. The molecule has 3 nitrogen and oxygen atoms in total. The van der Waals surface area contributed by atoms with Crippen LogP contribution in [0.4, 0.5) is 0 Å². The number of aldehydes is 1. The third-order valence-corrected chi connectivity index (χ3v) is 4.14. The number of ether oxygens (including phenoxy) is 2. The van der Waals surface area contributed by atoms with Gasteiger partial charge in [-0.2, -0.15) is 0 Å². The van der Waals surface area contributed by atoms with Crippen LogP contribution in [0.2, 0.25) is 0 Å². The van der Waals surface area contributed by atoms with E-state index in [1.54, 1.807) is 0 Å². The van der Waals surface area contributed by atoms with Crippen LogP contribution in [0.5, 0.6) is 0 Å². The SMILES string of the molecule is CC(C)C1(C=O)CCC2(CC1)OCCO2. The topological polar surface area (TPSA) is 35.5 Å². The summed E-state index contributed by atoms with van der Waals surface area (Å²) in [6.45, 7) is 5.66. The summed E-state index contributed by atoms with van der Waals surface area (Å²) in [5, 5.41) is 0. The molecule has 15 heavy (non-hydrogen) atoms. The van der Waals surface area contributed by atoms with E-state index in [0.717, 1.165) is 32.0 Å². The van der Waals surface area contributed by atoms with Crippen LogP contribution in [0.25, 0.3) is 0 Å². The molecule has 1 heterocycles. The summed E-state index contributed by atoms with van der Waals surface area (Å²) >= 11 is 0. The van der Waals surface area contributed by atoms with E-state index in [2.05, 4.69) is 13.8 Å². The van der Waals surface area contributed by atoms with Crippen molar-refractivity contribution >= 4 is 6.29 Å². The van der Waals surface area contributed by atoms with Gasteiger partial charge in [-0.15, -0.1) is 0 Å². The molecule has 0 N–H and O–H groups in total. The average molecular weight is 212 g/mol. The van der Waals surface area contributed by atoms with E-state index < -0.39 is 0 Å². The lowest BCUT2D eigenvalue weighted by Crippen LogP contribution is -2.43. The minimum Gasteiger partial charge on any atom is -0.348 e. The molecule has 1 aliphatic heterocycles. The summed E-state index contributed by atoms with van der Waals surface area (Å²) in [6, 6.07) is 0. The van der Waals surface area contributed by atoms with Gasteiger partial charge in [-0.25, -0.2) is 0 Å². The van der Waals surface area contributed by atoms with Gasteiger partial charge >= 0.3 is 0 Å². The minimum atomic E-state index is -0.346. The Morgan fingerprint density at radius 2 is 1.60 bits per heavy atom. The Balaban J connectivity index is 2.04. The van der Waals surface area contributed by atoms with Crippen molar-refractivity contribution in [2.24, 2.45) is 11.3 Å². The highest BCUT2D eigenvalue weighted by atomic mass is 16.7. The van der Waals surface area contributed by atoms with E-state index in [1.165, 1.54) is 0 Å². The van der Waals surface area contributed by atoms with Gasteiger partial charge in [0.15, 0.2) is 5.79 Å². The second-order valence-electron chi connectivity index (χ2n) is 5.11. The molecule has 1 spiro atoms. The second kappa shape index (κ2) is 3.87. The molecule has 0 unspecified atom stereocenters. The smallest absolute Gasteiger partial charge is 0.168 e. The van der Waals surface area contributed by atoms with Crippen molar-refractivity contribution in [3.8, 4) is 0 Å². The molecule has 2 rings (SSSR count). The molecule has 0 bridgehead atoms. The van der Waals surface area contributed by atoms with Crippen LogP contribution in [-0.4, -0.2) is 25.3 Å². The van der Waals surface area contributed by atoms with Crippen molar-refractivity contribution in [2.45, 2.75) is 45.3 Å². The zero-order valence-electron chi connectivity index (χ0n) is 9.62. The van der Waals surface area contributed by atoms with Crippen molar-refractivity contribution in [3.05, 3.63) is 0 Å². The normalized spacial score (nSPS) is 28.5. The highest BCUT2D eigenvalue weighted by molar-refractivity contribution is 5.60. The summed E-state index contributed by atoms with van der Waals surface area (Å²) in [5.74, 6) is 0.0650. The minimum absolute atomic E-state index is 0.138. The van der Waals surface area contributed by atoms with E-state index in [1.807, 2.05) is 0 Å². The van der Waals surface area contributed by atoms with Gasteiger partial charge in [0.2, 0.25) is 0 Å². The fourth-order valence-electron chi connectivity index (χ4n) is 2.71. The molecule has 2 fully saturated rings. The Kier molecular flexibility index (Phi) is 2.86. The third kappa shape index (κ3) is 1.83. The van der Waals surface area contributed by atoms with Crippen molar-refractivity contribution in [3.63, 3.8) is 0 Å². The molecule has 0 aromatic heterocycles. The summed E-state index contributed by atoms with van der Waals surface area (Å²) < 4.78 is 11.3. The number of carbonyl (C=O) groups excluding carboxylic acids is 1. The third-order valence-electron chi connectivity index (χ3n) is 4.14. The molecule has 0 aromatic carbocycles. The van der Waals surface area contributed by atoms with E-state index >= 15 is 0 Å². The number of hydrogen-bond acceptors (Lipinski definition) is 3. The Hall–Kier alpha value is -0.410. The van der Waals surface area contributed by atoms with E-state index in [4.69, 9.17) is 9.47 Å². The van der Waals surface area contributed by atoms with Crippen LogP contribution in [0.1, 0.15) is 39.5 Å². The molecule has 86 valence electrons. The van der Waals surface area contributed by atoms with Gasteiger partial charge in [0.25, 0.3) is 0 Å². The maximum absolute atomic E-state index is 11.2. The standard InChI is InChI=1S/C12H20O3/c1-10(2)11(9-13)3-5-12(6-4-11)14-7-8-15-12/h9-10H,3-8H2,1-2H3. The average Bonchev–Trinajstić information content (AvgIpc) is 2.68. The molecular formula is C12H20O3. The van der Waals surface area contributed by atoms with E-state index in [9.17, 15) is 4.79 Å². The number of carbonyl (C=O) groups is 1. The van der Waals surface area contributed by atoms with Gasteiger partial charge in [0.1, 0.15) is 6.29 Å². The first-order valence-corrected chi connectivity index (χ1v) is 5.87. The van der Waals surface area contributed by atoms with Crippen LogP contribution in [0.3, 0.4) is 0 Å². The molecule has 1 saturated carbocycles. The Morgan fingerprint density at radius 1 is 1.07 bits per heavy atom. The van der Waals surface area contributed by atoms with Crippen LogP contribution >= 0.6 is 0 Å². The largest absolute Gasteiger partial charge is 0.348 e. The van der Waals surface area contributed by atoms with Gasteiger partial charge < -0.3 is 14.3 Å². The summed E-state index contributed by atoms with van der Waals surface area (Å²) in [5.41, 5.74) is -0.138. The first-order valence-electron chi connectivity index (χ1n) is 5.87. The zero-order valence-corrected chi connectivity index (χ0v) is 9.62. The lowest BCUT2D eigenvalue weighted by Gasteiger charge is -2.42.